The Morgan fingerprint density at radius 2 is 1.93 bits per heavy atom. The predicted molar refractivity (Wildman–Crippen MR) is 63.3 cm³/mol. The number of aryl methyl sites for hydroxylation is 2. The molecular weight excluding hydrogens is 184 g/mol. The maximum Gasteiger partial charge on any atom is 0.0620 e. The van der Waals surface area contributed by atoms with Crippen LogP contribution in [0.15, 0.2) is 18.2 Å². The van der Waals surface area contributed by atoms with E-state index >= 15 is 0 Å². The normalized spacial score (nSPS) is 30.8. The van der Waals surface area contributed by atoms with Crippen molar-refractivity contribution in [3.8, 4) is 0 Å². The summed E-state index contributed by atoms with van der Waals surface area (Å²) in [4.78, 5) is 0. The second kappa shape index (κ2) is 3.97. The highest BCUT2D eigenvalue weighted by Crippen LogP contribution is 2.36. The molecular formula is C14H20O. The molecule has 1 heteroatoms. The molecule has 0 bridgehead atoms. The second-order valence-corrected chi connectivity index (χ2v) is 4.85. The lowest BCUT2D eigenvalue weighted by atomic mass is 9.88. The van der Waals surface area contributed by atoms with Gasteiger partial charge >= 0.3 is 0 Å². The fraction of sp³-hybridized carbons (Fsp3) is 0.571. The van der Waals surface area contributed by atoms with Gasteiger partial charge in [-0.1, -0.05) is 23.8 Å². The van der Waals surface area contributed by atoms with Gasteiger partial charge in [-0.3, -0.25) is 0 Å². The van der Waals surface area contributed by atoms with Crippen LogP contribution in [-0.4, -0.2) is 12.2 Å². The molecule has 82 valence electrons. The first-order chi connectivity index (χ1) is 7.08. The third-order valence-electron chi connectivity index (χ3n) is 3.43. The molecule has 0 N–H and O–H groups in total. The van der Waals surface area contributed by atoms with Crippen molar-refractivity contribution < 1.29 is 4.74 Å². The van der Waals surface area contributed by atoms with Gasteiger partial charge in [0.05, 0.1) is 12.2 Å². The highest BCUT2D eigenvalue weighted by molar-refractivity contribution is 5.34. The lowest BCUT2D eigenvalue weighted by Crippen LogP contribution is -2.10. The molecule has 2 rings (SSSR count). The second-order valence-electron chi connectivity index (χ2n) is 4.85. The van der Waals surface area contributed by atoms with Crippen molar-refractivity contribution in [2.24, 2.45) is 0 Å². The van der Waals surface area contributed by atoms with E-state index in [-0.39, 0.29) is 0 Å². The van der Waals surface area contributed by atoms with E-state index in [0.717, 1.165) is 6.42 Å². The van der Waals surface area contributed by atoms with Gasteiger partial charge in [0.15, 0.2) is 0 Å². The fourth-order valence-electron chi connectivity index (χ4n) is 2.61. The van der Waals surface area contributed by atoms with Gasteiger partial charge in [-0.05, 0) is 45.2 Å². The molecule has 0 saturated carbocycles. The van der Waals surface area contributed by atoms with Crippen LogP contribution in [0.5, 0.6) is 0 Å². The summed E-state index contributed by atoms with van der Waals surface area (Å²) in [6.07, 6.45) is 1.93. The van der Waals surface area contributed by atoms with Crippen molar-refractivity contribution in [2.75, 3.05) is 0 Å². The Balaban J connectivity index is 2.32. The zero-order valence-corrected chi connectivity index (χ0v) is 10.1. The van der Waals surface area contributed by atoms with E-state index < -0.39 is 0 Å². The summed E-state index contributed by atoms with van der Waals surface area (Å²) in [6.45, 7) is 8.72. The van der Waals surface area contributed by atoms with E-state index in [1.165, 1.54) is 16.7 Å². The van der Waals surface area contributed by atoms with Crippen LogP contribution >= 0.6 is 0 Å². The van der Waals surface area contributed by atoms with Crippen LogP contribution in [0.25, 0.3) is 0 Å². The van der Waals surface area contributed by atoms with E-state index in [4.69, 9.17) is 4.74 Å². The van der Waals surface area contributed by atoms with Crippen molar-refractivity contribution in [3.63, 3.8) is 0 Å². The fourth-order valence-corrected chi connectivity index (χ4v) is 2.61. The zero-order valence-electron chi connectivity index (χ0n) is 10.1. The SMILES string of the molecule is Cc1ccc(C)c(C2CC(C)OC2C)c1. The standard InChI is InChI=1S/C14H20O/c1-9-5-6-10(2)13(7-9)14-8-11(3)15-12(14)4/h5-7,11-12,14H,8H2,1-4H3. The Hall–Kier alpha value is -0.820. The minimum Gasteiger partial charge on any atom is -0.375 e. The van der Waals surface area contributed by atoms with Gasteiger partial charge in [0.1, 0.15) is 0 Å². The first-order valence-corrected chi connectivity index (χ1v) is 5.80. The molecule has 0 aromatic heterocycles. The molecule has 1 aliphatic heterocycles. The summed E-state index contributed by atoms with van der Waals surface area (Å²) in [5, 5.41) is 0. The molecule has 0 aliphatic carbocycles. The van der Waals surface area contributed by atoms with E-state index in [1.807, 2.05) is 0 Å². The van der Waals surface area contributed by atoms with Gasteiger partial charge in [0.2, 0.25) is 0 Å². The van der Waals surface area contributed by atoms with Crippen molar-refractivity contribution in [2.45, 2.75) is 52.2 Å². The third kappa shape index (κ3) is 2.07. The minimum atomic E-state index is 0.362. The molecule has 3 atom stereocenters. The Labute approximate surface area is 92.5 Å². The summed E-state index contributed by atoms with van der Waals surface area (Å²) in [7, 11) is 0. The van der Waals surface area contributed by atoms with Crippen molar-refractivity contribution in [1.29, 1.82) is 0 Å². The first kappa shape index (κ1) is 10.7. The van der Waals surface area contributed by atoms with Gasteiger partial charge < -0.3 is 4.74 Å². The van der Waals surface area contributed by atoms with E-state index in [9.17, 15) is 0 Å². The monoisotopic (exact) mass is 204 g/mol. The van der Waals surface area contributed by atoms with Gasteiger partial charge in [-0.25, -0.2) is 0 Å². The Bertz CT molecular complexity index is 356. The van der Waals surface area contributed by atoms with Crippen LogP contribution in [0.4, 0.5) is 0 Å². The average Bonchev–Trinajstić information content (AvgIpc) is 2.50. The highest BCUT2D eigenvalue weighted by atomic mass is 16.5. The summed E-state index contributed by atoms with van der Waals surface area (Å²) < 4.78 is 5.82. The topological polar surface area (TPSA) is 9.23 Å². The van der Waals surface area contributed by atoms with Gasteiger partial charge in [-0.2, -0.15) is 0 Å². The molecule has 0 amide bonds. The zero-order chi connectivity index (χ0) is 11.0. The number of hydrogen-bond donors (Lipinski definition) is 0. The summed E-state index contributed by atoms with van der Waals surface area (Å²) in [6, 6.07) is 6.72. The van der Waals surface area contributed by atoms with E-state index in [1.54, 1.807) is 0 Å². The van der Waals surface area contributed by atoms with Crippen LogP contribution in [0.1, 0.15) is 42.9 Å². The number of hydrogen-bond acceptors (Lipinski definition) is 1. The molecule has 1 saturated heterocycles. The van der Waals surface area contributed by atoms with Crippen LogP contribution in [0.2, 0.25) is 0 Å². The number of rotatable bonds is 1. The molecule has 3 unspecified atom stereocenters. The summed E-state index contributed by atoms with van der Waals surface area (Å²) in [5.74, 6) is 0.583. The van der Waals surface area contributed by atoms with Crippen molar-refractivity contribution >= 4 is 0 Å². The quantitative estimate of drug-likeness (QED) is 0.679. The molecule has 1 aromatic carbocycles. The molecule has 1 aliphatic rings. The first-order valence-electron chi connectivity index (χ1n) is 5.80. The molecule has 15 heavy (non-hydrogen) atoms. The number of ether oxygens (including phenoxy) is 1. The van der Waals surface area contributed by atoms with Gasteiger partial charge in [-0.15, -0.1) is 0 Å². The molecule has 0 radical (unpaired) electrons. The minimum absolute atomic E-state index is 0.362. The van der Waals surface area contributed by atoms with Gasteiger partial charge in [0.25, 0.3) is 0 Å². The van der Waals surface area contributed by atoms with Crippen molar-refractivity contribution in [1.82, 2.24) is 0 Å². The molecule has 0 spiro atoms. The maximum atomic E-state index is 5.82. The molecule has 1 aromatic rings. The maximum absolute atomic E-state index is 5.82. The van der Waals surface area contributed by atoms with E-state index in [0.29, 0.717) is 18.1 Å². The molecule has 1 heterocycles. The molecule has 1 fully saturated rings. The average molecular weight is 204 g/mol. The van der Waals surface area contributed by atoms with Crippen LogP contribution in [0.3, 0.4) is 0 Å². The lowest BCUT2D eigenvalue weighted by Gasteiger charge is -2.17. The summed E-state index contributed by atoms with van der Waals surface area (Å²) >= 11 is 0. The van der Waals surface area contributed by atoms with Crippen molar-refractivity contribution in [3.05, 3.63) is 34.9 Å². The van der Waals surface area contributed by atoms with Gasteiger partial charge in [0, 0.05) is 5.92 Å². The Morgan fingerprint density at radius 1 is 1.20 bits per heavy atom. The van der Waals surface area contributed by atoms with Crippen LogP contribution < -0.4 is 0 Å². The molecule has 1 nitrogen and oxygen atoms in total. The predicted octanol–water partition coefficient (Wildman–Crippen LogP) is 3.58. The van der Waals surface area contributed by atoms with E-state index in [2.05, 4.69) is 45.9 Å². The number of benzene rings is 1. The van der Waals surface area contributed by atoms with Crippen LogP contribution in [0, 0.1) is 13.8 Å². The highest BCUT2D eigenvalue weighted by Gasteiger charge is 2.31. The Morgan fingerprint density at radius 3 is 2.53 bits per heavy atom. The summed E-state index contributed by atoms with van der Waals surface area (Å²) in [5.41, 5.74) is 4.23. The smallest absolute Gasteiger partial charge is 0.0620 e. The lowest BCUT2D eigenvalue weighted by molar-refractivity contribution is 0.0632. The third-order valence-corrected chi connectivity index (χ3v) is 3.43. The largest absolute Gasteiger partial charge is 0.375 e. The Kier molecular flexibility index (Phi) is 2.83. The van der Waals surface area contributed by atoms with Crippen LogP contribution in [-0.2, 0) is 4.74 Å².